The predicted molar refractivity (Wildman–Crippen MR) is 71.9 cm³/mol. The van der Waals surface area contributed by atoms with Crippen LogP contribution in [-0.2, 0) is 0 Å². The summed E-state index contributed by atoms with van der Waals surface area (Å²) in [4.78, 5) is 2.59. The second-order valence-corrected chi connectivity index (χ2v) is 5.12. The van der Waals surface area contributed by atoms with E-state index in [4.69, 9.17) is 0 Å². The van der Waals surface area contributed by atoms with Crippen LogP contribution in [0.4, 0.5) is 0 Å². The standard InChI is InChI=1S/C14H30N2/c1-4-8-13(5-2)15-14-9-7-11-16(6-3)12-10-14/h13-15H,4-12H2,1-3H3. The Bertz CT molecular complexity index is 170. The lowest BCUT2D eigenvalue weighted by molar-refractivity contribution is 0.293. The third kappa shape index (κ3) is 4.84. The van der Waals surface area contributed by atoms with E-state index in [0.29, 0.717) is 0 Å². The fourth-order valence-electron chi connectivity index (χ4n) is 2.73. The van der Waals surface area contributed by atoms with Crippen LogP contribution in [0.1, 0.15) is 59.3 Å². The maximum absolute atomic E-state index is 3.86. The zero-order chi connectivity index (χ0) is 11.8. The lowest BCUT2D eigenvalue weighted by Crippen LogP contribution is -2.38. The molecule has 1 aliphatic heterocycles. The number of hydrogen-bond donors (Lipinski definition) is 1. The van der Waals surface area contributed by atoms with E-state index in [1.165, 1.54) is 58.2 Å². The highest BCUT2D eigenvalue weighted by Crippen LogP contribution is 2.13. The summed E-state index contributed by atoms with van der Waals surface area (Å²) >= 11 is 0. The van der Waals surface area contributed by atoms with Crippen LogP contribution in [0, 0.1) is 0 Å². The van der Waals surface area contributed by atoms with E-state index in [9.17, 15) is 0 Å². The fourth-order valence-corrected chi connectivity index (χ4v) is 2.73. The predicted octanol–water partition coefficient (Wildman–Crippen LogP) is 3.03. The number of hydrogen-bond acceptors (Lipinski definition) is 2. The van der Waals surface area contributed by atoms with Crippen molar-refractivity contribution in [3.05, 3.63) is 0 Å². The van der Waals surface area contributed by atoms with E-state index in [1.54, 1.807) is 0 Å². The highest BCUT2D eigenvalue weighted by molar-refractivity contribution is 4.78. The molecule has 96 valence electrons. The fraction of sp³-hybridized carbons (Fsp3) is 1.00. The van der Waals surface area contributed by atoms with Crippen LogP contribution < -0.4 is 5.32 Å². The minimum absolute atomic E-state index is 0.753. The summed E-state index contributed by atoms with van der Waals surface area (Å²) < 4.78 is 0. The van der Waals surface area contributed by atoms with Gasteiger partial charge >= 0.3 is 0 Å². The minimum Gasteiger partial charge on any atom is -0.311 e. The molecular formula is C14H30N2. The molecule has 0 aromatic carbocycles. The molecule has 0 bridgehead atoms. The zero-order valence-electron chi connectivity index (χ0n) is 11.5. The first kappa shape index (κ1) is 14.0. The average Bonchev–Trinajstić information content (AvgIpc) is 2.53. The van der Waals surface area contributed by atoms with Crippen molar-refractivity contribution >= 4 is 0 Å². The van der Waals surface area contributed by atoms with Crippen molar-refractivity contribution in [3.63, 3.8) is 0 Å². The van der Waals surface area contributed by atoms with E-state index < -0.39 is 0 Å². The summed E-state index contributed by atoms with van der Waals surface area (Å²) in [7, 11) is 0. The lowest BCUT2D eigenvalue weighted by Gasteiger charge is -2.24. The number of likely N-dealkylation sites (tertiary alicyclic amines) is 1. The lowest BCUT2D eigenvalue weighted by atomic mass is 10.0. The second kappa shape index (κ2) is 8.08. The van der Waals surface area contributed by atoms with E-state index in [0.717, 1.165) is 12.1 Å². The van der Waals surface area contributed by atoms with Crippen molar-refractivity contribution in [1.82, 2.24) is 10.2 Å². The quantitative estimate of drug-likeness (QED) is 0.749. The van der Waals surface area contributed by atoms with Gasteiger partial charge in [0.1, 0.15) is 0 Å². The molecule has 2 unspecified atom stereocenters. The van der Waals surface area contributed by atoms with Crippen LogP contribution in [0.3, 0.4) is 0 Å². The van der Waals surface area contributed by atoms with Crippen LogP contribution in [0.15, 0.2) is 0 Å². The Morgan fingerprint density at radius 3 is 2.62 bits per heavy atom. The topological polar surface area (TPSA) is 15.3 Å². The average molecular weight is 226 g/mol. The molecule has 2 nitrogen and oxygen atoms in total. The largest absolute Gasteiger partial charge is 0.311 e. The Kier molecular flexibility index (Phi) is 7.06. The molecule has 0 aromatic rings. The van der Waals surface area contributed by atoms with Gasteiger partial charge < -0.3 is 10.2 Å². The first-order chi connectivity index (χ1) is 7.80. The molecule has 1 fully saturated rings. The SMILES string of the molecule is CCCC(CC)NC1CCCN(CC)CC1. The van der Waals surface area contributed by atoms with Gasteiger partial charge in [-0.2, -0.15) is 0 Å². The molecule has 1 aliphatic rings. The van der Waals surface area contributed by atoms with Crippen molar-refractivity contribution in [3.8, 4) is 0 Å². The van der Waals surface area contributed by atoms with Gasteiger partial charge in [0, 0.05) is 12.1 Å². The Hall–Kier alpha value is -0.0800. The molecule has 0 radical (unpaired) electrons. The molecule has 1 N–H and O–H groups in total. The maximum Gasteiger partial charge on any atom is 0.00823 e. The molecule has 16 heavy (non-hydrogen) atoms. The Morgan fingerprint density at radius 2 is 2.00 bits per heavy atom. The minimum atomic E-state index is 0.753. The first-order valence-corrected chi connectivity index (χ1v) is 7.28. The van der Waals surface area contributed by atoms with Crippen molar-refractivity contribution < 1.29 is 0 Å². The van der Waals surface area contributed by atoms with Gasteiger partial charge in [-0.25, -0.2) is 0 Å². The molecule has 1 rings (SSSR count). The van der Waals surface area contributed by atoms with Gasteiger partial charge in [0.2, 0.25) is 0 Å². The number of nitrogens with zero attached hydrogens (tertiary/aromatic N) is 1. The zero-order valence-corrected chi connectivity index (χ0v) is 11.5. The summed E-state index contributed by atoms with van der Waals surface area (Å²) in [6, 6.07) is 1.52. The molecule has 0 aromatic heterocycles. The van der Waals surface area contributed by atoms with Crippen LogP contribution in [0.5, 0.6) is 0 Å². The van der Waals surface area contributed by atoms with Gasteiger partial charge in [0.05, 0.1) is 0 Å². The van der Waals surface area contributed by atoms with Crippen molar-refractivity contribution in [2.45, 2.75) is 71.4 Å². The summed E-state index contributed by atoms with van der Waals surface area (Å²) in [5, 5.41) is 3.86. The van der Waals surface area contributed by atoms with Crippen LogP contribution in [0.25, 0.3) is 0 Å². The van der Waals surface area contributed by atoms with E-state index in [1.807, 2.05) is 0 Å². The third-order valence-corrected chi connectivity index (χ3v) is 3.87. The summed E-state index contributed by atoms with van der Waals surface area (Å²) in [6.45, 7) is 10.7. The van der Waals surface area contributed by atoms with Crippen LogP contribution in [0.2, 0.25) is 0 Å². The Morgan fingerprint density at radius 1 is 1.19 bits per heavy atom. The monoisotopic (exact) mass is 226 g/mol. The molecule has 0 saturated carbocycles. The molecule has 0 spiro atoms. The molecule has 0 amide bonds. The highest BCUT2D eigenvalue weighted by Gasteiger charge is 2.17. The smallest absolute Gasteiger partial charge is 0.00823 e. The number of nitrogens with one attached hydrogen (secondary N) is 1. The first-order valence-electron chi connectivity index (χ1n) is 7.28. The van der Waals surface area contributed by atoms with Crippen LogP contribution in [-0.4, -0.2) is 36.6 Å². The van der Waals surface area contributed by atoms with E-state index in [-0.39, 0.29) is 0 Å². The van der Waals surface area contributed by atoms with Gasteiger partial charge in [-0.15, -0.1) is 0 Å². The van der Waals surface area contributed by atoms with Gasteiger partial charge in [0.25, 0.3) is 0 Å². The molecule has 2 heteroatoms. The summed E-state index contributed by atoms with van der Waals surface area (Å²) in [5.41, 5.74) is 0. The van der Waals surface area contributed by atoms with E-state index >= 15 is 0 Å². The van der Waals surface area contributed by atoms with Crippen LogP contribution >= 0.6 is 0 Å². The van der Waals surface area contributed by atoms with Gasteiger partial charge in [-0.1, -0.05) is 27.2 Å². The molecule has 2 atom stereocenters. The highest BCUT2D eigenvalue weighted by atomic mass is 15.1. The molecule has 0 aliphatic carbocycles. The normalized spacial score (nSPS) is 25.3. The van der Waals surface area contributed by atoms with Crippen molar-refractivity contribution in [1.29, 1.82) is 0 Å². The second-order valence-electron chi connectivity index (χ2n) is 5.12. The Balaban J connectivity index is 2.30. The number of rotatable bonds is 6. The Labute approximate surface area is 102 Å². The maximum atomic E-state index is 3.86. The van der Waals surface area contributed by atoms with Gasteiger partial charge in [0.15, 0.2) is 0 Å². The molecule has 1 saturated heterocycles. The van der Waals surface area contributed by atoms with Gasteiger partial charge in [-0.05, 0) is 51.7 Å². The van der Waals surface area contributed by atoms with Crippen molar-refractivity contribution in [2.75, 3.05) is 19.6 Å². The van der Waals surface area contributed by atoms with Crippen molar-refractivity contribution in [2.24, 2.45) is 0 Å². The molecular weight excluding hydrogens is 196 g/mol. The summed E-state index contributed by atoms with van der Waals surface area (Å²) in [5.74, 6) is 0. The van der Waals surface area contributed by atoms with Gasteiger partial charge in [-0.3, -0.25) is 0 Å². The third-order valence-electron chi connectivity index (χ3n) is 3.87. The van der Waals surface area contributed by atoms with E-state index in [2.05, 4.69) is 31.0 Å². The summed E-state index contributed by atoms with van der Waals surface area (Å²) in [6.07, 6.45) is 8.00. The molecule has 1 heterocycles.